The molecule has 0 radical (unpaired) electrons. The van der Waals surface area contributed by atoms with E-state index >= 15 is 0 Å². The number of hydrogen-bond donors (Lipinski definition) is 0. The zero-order valence-electron chi connectivity index (χ0n) is 2.22. The van der Waals surface area contributed by atoms with Crippen LogP contribution in [0, 0.1) is 0 Å². The summed E-state index contributed by atoms with van der Waals surface area (Å²) in [6.45, 7) is 0. The number of rotatable bonds is 0. The third-order valence-corrected chi connectivity index (χ3v) is 0. The first kappa shape index (κ1) is 98.8. The van der Waals surface area contributed by atoms with Crippen LogP contribution in [0.5, 0.6) is 0 Å². The Morgan fingerprint density at radius 3 is 0.400 bits per heavy atom. The minimum atomic E-state index is 0. The zero-order valence-corrected chi connectivity index (χ0v) is 7.36. The Bertz CT molecular complexity index is 4.85. The summed E-state index contributed by atoms with van der Waals surface area (Å²) >= 11 is 0. The maximum Gasteiger partial charge on any atom is -0.114 e. The molecule has 4 N–H and O–H groups in total. The van der Waals surface area contributed by atoms with Crippen LogP contribution in [0.1, 0.15) is 0 Å². The van der Waals surface area contributed by atoms with Gasteiger partial charge in [0.25, 0.3) is 0 Å². The summed E-state index contributed by atoms with van der Waals surface area (Å²) in [6, 6.07) is 0. The van der Waals surface area contributed by atoms with Crippen molar-refractivity contribution in [2.45, 2.75) is 0 Å². The van der Waals surface area contributed by atoms with Gasteiger partial charge in [0.05, 0.1) is 0 Å². The van der Waals surface area contributed by atoms with Gasteiger partial charge in [0.1, 0.15) is 0 Å². The lowest BCUT2D eigenvalue weighted by Gasteiger charge is -0.413. The van der Waals surface area contributed by atoms with E-state index in [9.17, 15) is 0 Å². The van der Waals surface area contributed by atoms with E-state index in [-0.39, 0.29) is 61.9 Å². The molecule has 0 bridgehead atoms. The van der Waals surface area contributed by atoms with E-state index < -0.39 is 0 Å². The topological polar surface area (TPSA) is 63.0 Å². The fourth-order valence-corrected chi connectivity index (χ4v) is 0. The predicted molar refractivity (Wildman–Crippen MR) is 38.2 cm³/mol. The van der Waals surface area contributed by atoms with Crippen molar-refractivity contribution in [1.29, 1.82) is 0 Å². The average molecular weight is 279 g/mol. The van der Waals surface area contributed by atoms with Gasteiger partial charge in [-0.05, 0) is 0 Å². The SMILES string of the molecule is Br.Br.Br.O.O. The third kappa shape index (κ3) is 32.7. The summed E-state index contributed by atoms with van der Waals surface area (Å²) in [5.41, 5.74) is 0. The molecule has 0 amide bonds. The van der Waals surface area contributed by atoms with Gasteiger partial charge in [-0.15, -0.1) is 50.9 Å². The molecule has 0 aliphatic carbocycles. The molecule has 5 heavy (non-hydrogen) atoms. The molecule has 0 unspecified atom stereocenters. The highest BCUT2D eigenvalue weighted by Crippen LogP contribution is 0.848. The molecule has 0 saturated heterocycles. The Kier molecular flexibility index (Phi) is 1090. The smallest absolute Gasteiger partial charge is 0.114 e. The lowest BCUT2D eigenvalue weighted by molar-refractivity contribution is 0.823. The Morgan fingerprint density at radius 2 is 0.400 bits per heavy atom. The maximum absolute atomic E-state index is 0. The fraction of sp³-hybridized carbons (Fsp3) is 0. The quantitative estimate of drug-likeness (QED) is 0.603. The minimum Gasteiger partial charge on any atom is -0.412 e. The zero-order chi connectivity index (χ0) is 0. The van der Waals surface area contributed by atoms with E-state index in [1.807, 2.05) is 0 Å². The summed E-state index contributed by atoms with van der Waals surface area (Å²) in [5.74, 6) is 0. The van der Waals surface area contributed by atoms with Crippen molar-refractivity contribution in [3.05, 3.63) is 0 Å². The molecule has 40 valence electrons. The van der Waals surface area contributed by atoms with Gasteiger partial charge in [0, 0.05) is 0 Å². The standard InChI is InChI=1S/3BrH.2H2O/h3*1H;2*1H2. The van der Waals surface area contributed by atoms with Crippen LogP contribution in [0.4, 0.5) is 0 Å². The summed E-state index contributed by atoms with van der Waals surface area (Å²) in [7, 11) is 0. The average Bonchev–Trinajstić information content (AvgIpc) is 0. The second-order valence-corrected chi connectivity index (χ2v) is 0. The molecule has 0 aliphatic rings. The van der Waals surface area contributed by atoms with Gasteiger partial charge in [-0.2, -0.15) is 0 Å². The normalized spacial score (nSPS) is 0. The molecule has 0 fully saturated rings. The van der Waals surface area contributed by atoms with Crippen LogP contribution >= 0.6 is 50.9 Å². The van der Waals surface area contributed by atoms with Gasteiger partial charge >= 0.3 is 0 Å². The van der Waals surface area contributed by atoms with Crippen LogP contribution in [0.15, 0.2) is 0 Å². The highest BCUT2D eigenvalue weighted by atomic mass is 79.9. The second-order valence-electron chi connectivity index (χ2n) is 0. The van der Waals surface area contributed by atoms with Crippen LogP contribution < -0.4 is 0 Å². The number of hydrogen-bond acceptors (Lipinski definition) is 0. The molecule has 0 atom stereocenters. The van der Waals surface area contributed by atoms with Crippen molar-refractivity contribution < 1.29 is 11.0 Å². The summed E-state index contributed by atoms with van der Waals surface area (Å²) < 4.78 is 0. The first-order valence-electron chi connectivity index (χ1n) is 0. The van der Waals surface area contributed by atoms with Crippen LogP contribution in [-0.4, -0.2) is 11.0 Å². The predicted octanol–water partition coefficient (Wildman–Crippen LogP) is 0.0843. The molecule has 0 rings (SSSR count). The molecular formula is H7Br3O2. The Labute approximate surface area is 61.9 Å². The Morgan fingerprint density at radius 1 is 0.400 bits per heavy atom. The van der Waals surface area contributed by atoms with Crippen molar-refractivity contribution in [3.63, 3.8) is 0 Å². The molecule has 0 aliphatic heterocycles. The van der Waals surface area contributed by atoms with E-state index in [0.29, 0.717) is 0 Å². The van der Waals surface area contributed by atoms with E-state index in [0.717, 1.165) is 0 Å². The third-order valence-electron chi connectivity index (χ3n) is 0. The van der Waals surface area contributed by atoms with E-state index in [4.69, 9.17) is 0 Å². The van der Waals surface area contributed by atoms with Crippen LogP contribution in [0.3, 0.4) is 0 Å². The monoisotopic (exact) mass is 276 g/mol. The molecule has 0 aromatic heterocycles. The highest BCUT2D eigenvalue weighted by Gasteiger charge is -0.112. The largest absolute Gasteiger partial charge is 0.412 e. The molecule has 5 heteroatoms. The minimum absolute atomic E-state index is 0. The second kappa shape index (κ2) is 55.1. The van der Waals surface area contributed by atoms with Gasteiger partial charge in [0.2, 0.25) is 0 Å². The molecule has 0 saturated carbocycles. The maximum atomic E-state index is 0. The molecule has 2 nitrogen and oxygen atoms in total. The van der Waals surface area contributed by atoms with Crippen molar-refractivity contribution in [3.8, 4) is 0 Å². The van der Waals surface area contributed by atoms with E-state index in [1.165, 1.54) is 0 Å². The van der Waals surface area contributed by atoms with Gasteiger partial charge in [0.15, 0.2) is 0 Å². The van der Waals surface area contributed by atoms with E-state index in [2.05, 4.69) is 0 Å². The van der Waals surface area contributed by atoms with Crippen molar-refractivity contribution in [2.75, 3.05) is 0 Å². The Balaban J connectivity index is 0. The molecule has 0 aromatic rings. The number of halogens is 3. The van der Waals surface area contributed by atoms with Crippen LogP contribution in [-0.2, 0) is 0 Å². The van der Waals surface area contributed by atoms with Gasteiger partial charge in [-0.25, -0.2) is 0 Å². The first-order valence-corrected chi connectivity index (χ1v) is 0. The Hall–Kier alpha value is 1.36. The van der Waals surface area contributed by atoms with Crippen LogP contribution in [0.25, 0.3) is 0 Å². The van der Waals surface area contributed by atoms with Crippen LogP contribution in [0.2, 0.25) is 0 Å². The molecule has 0 aromatic carbocycles. The van der Waals surface area contributed by atoms with Crippen molar-refractivity contribution in [1.82, 2.24) is 0 Å². The lowest BCUT2D eigenvalue weighted by Crippen LogP contribution is -0.290. The van der Waals surface area contributed by atoms with Gasteiger partial charge in [-0.3, -0.25) is 0 Å². The molecule has 0 spiro atoms. The summed E-state index contributed by atoms with van der Waals surface area (Å²) in [5, 5.41) is 0. The highest BCUT2D eigenvalue weighted by molar-refractivity contribution is 8.93. The van der Waals surface area contributed by atoms with Crippen molar-refractivity contribution >= 4 is 50.9 Å². The first-order chi connectivity index (χ1) is 0. The van der Waals surface area contributed by atoms with E-state index in [1.54, 1.807) is 0 Å². The lowest BCUT2D eigenvalue weighted by atomic mass is 16.0. The summed E-state index contributed by atoms with van der Waals surface area (Å²) in [6.07, 6.45) is 0. The summed E-state index contributed by atoms with van der Waals surface area (Å²) in [4.78, 5) is 0. The van der Waals surface area contributed by atoms with Gasteiger partial charge < -0.3 is 11.0 Å². The fourth-order valence-electron chi connectivity index (χ4n) is 0. The molecular weight excluding hydrogens is 272 g/mol. The van der Waals surface area contributed by atoms with Gasteiger partial charge in [-0.1, -0.05) is 0 Å². The van der Waals surface area contributed by atoms with Crippen molar-refractivity contribution in [2.24, 2.45) is 0 Å². The molecule has 0 heterocycles.